The van der Waals surface area contributed by atoms with Crippen LogP contribution in [-0.2, 0) is 21.7 Å². The molecule has 0 radical (unpaired) electrons. The number of rotatable bonds is 0. The Kier molecular flexibility index (Phi) is 3.19. The normalized spacial score (nSPS) is 6.67. The van der Waals surface area contributed by atoms with Gasteiger partial charge in [-0.2, -0.15) is 0 Å². The molecule has 0 aliphatic carbocycles. The van der Waals surface area contributed by atoms with Gasteiger partial charge in [0.2, 0.25) is 0 Å². The Morgan fingerprint density at radius 3 is 1.67 bits per heavy atom. The van der Waals surface area contributed by atoms with Crippen molar-refractivity contribution in [2.75, 3.05) is 0 Å². The molecule has 0 aliphatic heterocycles. The quantitative estimate of drug-likeness (QED) is 0.465. The predicted octanol–water partition coefficient (Wildman–Crippen LogP) is 1.28. The van der Waals surface area contributed by atoms with Gasteiger partial charge >= 0.3 is 0 Å². The summed E-state index contributed by atoms with van der Waals surface area (Å²) in [7, 11) is 0. The molecule has 1 rings (SSSR count). The van der Waals surface area contributed by atoms with Gasteiger partial charge < -0.3 is 4.42 Å². The Bertz CT molecular complexity index is 64.0. The van der Waals surface area contributed by atoms with E-state index in [1.807, 2.05) is 12.1 Å². The fourth-order valence-corrected chi connectivity index (χ4v) is 0.227. The average molecular weight is 116 g/mol. The van der Waals surface area contributed by atoms with Gasteiger partial charge in [0.05, 0.1) is 12.5 Å². The summed E-state index contributed by atoms with van der Waals surface area (Å²) in [6.45, 7) is 0. The van der Waals surface area contributed by atoms with Gasteiger partial charge in [0, 0.05) is 21.7 Å². The van der Waals surface area contributed by atoms with E-state index in [4.69, 9.17) is 0 Å². The monoisotopic (exact) mass is 116 g/mol. The summed E-state index contributed by atoms with van der Waals surface area (Å²) >= 11 is 0. The Morgan fingerprint density at radius 1 is 1.00 bits per heavy atom. The van der Waals surface area contributed by atoms with Crippen LogP contribution >= 0.6 is 0 Å². The minimum Gasteiger partial charge on any atom is -0.473 e. The van der Waals surface area contributed by atoms with Crippen molar-refractivity contribution >= 4 is 0 Å². The van der Waals surface area contributed by atoms with E-state index >= 15 is 0 Å². The Labute approximate surface area is 51.2 Å². The van der Waals surface area contributed by atoms with Gasteiger partial charge in [-0.3, -0.25) is 0 Å². The standard InChI is InChI=1S/C4H4O.Ti/c1-2-4-5-3-1;/h1-4H;. The molecular formula is C4H4OTi. The van der Waals surface area contributed by atoms with Gasteiger partial charge in [0.15, 0.2) is 0 Å². The molecule has 2 heteroatoms. The zero-order chi connectivity index (χ0) is 3.54. The van der Waals surface area contributed by atoms with Crippen molar-refractivity contribution in [2.45, 2.75) is 0 Å². The third-order valence-corrected chi connectivity index (χ3v) is 0.425. The first kappa shape index (κ1) is 5.99. The predicted molar refractivity (Wildman–Crippen MR) is 18.7 cm³/mol. The first-order valence-electron chi connectivity index (χ1n) is 1.47. The van der Waals surface area contributed by atoms with Crippen molar-refractivity contribution in [3.63, 3.8) is 0 Å². The van der Waals surface area contributed by atoms with E-state index in [0.717, 1.165) is 0 Å². The minimum absolute atomic E-state index is 0. The van der Waals surface area contributed by atoms with E-state index in [0.29, 0.717) is 0 Å². The van der Waals surface area contributed by atoms with Crippen LogP contribution in [0.15, 0.2) is 29.1 Å². The first-order chi connectivity index (χ1) is 2.50. The van der Waals surface area contributed by atoms with Crippen LogP contribution < -0.4 is 0 Å². The van der Waals surface area contributed by atoms with E-state index < -0.39 is 0 Å². The molecule has 0 aliphatic rings. The van der Waals surface area contributed by atoms with Crippen LogP contribution in [-0.4, -0.2) is 0 Å². The van der Waals surface area contributed by atoms with E-state index in [2.05, 4.69) is 4.42 Å². The van der Waals surface area contributed by atoms with Gasteiger partial charge in [-0.25, -0.2) is 0 Å². The smallest absolute Gasteiger partial charge is 0.0902 e. The van der Waals surface area contributed by atoms with Crippen LogP contribution in [0.2, 0.25) is 0 Å². The molecule has 0 unspecified atom stereocenters. The maximum Gasteiger partial charge on any atom is 0.0902 e. The largest absolute Gasteiger partial charge is 0.473 e. The second-order valence-corrected chi connectivity index (χ2v) is 0.793. The molecule has 1 heterocycles. The van der Waals surface area contributed by atoms with Crippen LogP contribution in [0.4, 0.5) is 0 Å². The number of hydrogen-bond donors (Lipinski definition) is 0. The summed E-state index contributed by atoms with van der Waals surface area (Å²) in [4.78, 5) is 0. The molecule has 1 nitrogen and oxygen atoms in total. The first-order valence-corrected chi connectivity index (χ1v) is 1.47. The second-order valence-electron chi connectivity index (χ2n) is 0.793. The van der Waals surface area contributed by atoms with Crippen LogP contribution in [0.1, 0.15) is 0 Å². The number of furan rings is 1. The molecule has 0 amide bonds. The molecule has 0 saturated carbocycles. The number of hydrogen-bond acceptors (Lipinski definition) is 1. The third-order valence-electron chi connectivity index (χ3n) is 0.425. The van der Waals surface area contributed by atoms with Crippen molar-refractivity contribution in [1.29, 1.82) is 0 Å². The minimum atomic E-state index is 0. The molecule has 1 aromatic rings. The van der Waals surface area contributed by atoms with Crippen molar-refractivity contribution in [3.05, 3.63) is 24.7 Å². The van der Waals surface area contributed by atoms with Crippen molar-refractivity contribution in [2.24, 2.45) is 0 Å². The zero-order valence-corrected chi connectivity index (χ0v) is 4.78. The van der Waals surface area contributed by atoms with E-state index in [1.165, 1.54) is 0 Å². The summed E-state index contributed by atoms with van der Waals surface area (Å²) in [5.41, 5.74) is 0. The zero-order valence-electron chi connectivity index (χ0n) is 3.22. The summed E-state index contributed by atoms with van der Waals surface area (Å²) in [5, 5.41) is 0. The molecule has 0 saturated heterocycles. The van der Waals surface area contributed by atoms with E-state index in [-0.39, 0.29) is 21.7 Å². The Balaban J connectivity index is 0.000000250. The van der Waals surface area contributed by atoms with E-state index in [9.17, 15) is 0 Å². The van der Waals surface area contributed by atoms with Crippen LogP contribution in [0, 0.1) is 0 Å². The van der Waals surface area contributed by atoms with Crippen LogP contribution in [0.5, 0.6) is 0 Å². The van der Waals surface area contributed by atoms with Gasteiger partial charge in [0.1, 0.15) is 0 Å². The van der Waals surface area contributed by atoms with Gasteiger partial charge in [-0.1, -0.05) is 0 Å². The molecule has 0 spiro atoms. The molecule has 0 N–H and O–H groups in total. The summed E-state index contributed by atoms with van der Waals surface area (Å²) < 4.78 is 4.58. The van der Waals surface area contributed by atoms with Crippen molar-refractivity contribution in [3.8, 4) is 0 Å². The molecule has 0 atom stereocenters. The third kappa shape index (κ3) is 1.44. The molecule has 1 aromatic heterocycles. The molecule has 0 aromatic carbocycles. The van der Waals surface area contributed by atoms with Crippen LogP contribution in [0.25, 0.3) is 0 Å². The Hall–Kier alpha value is -0.00571. The molecule has 0 bridgehead atoms. The molecule has 0 fully saturated rings. The Morgan fingerprint density at radius 2 is 1.50 bits per heavy atom. The fourth-order valence-electron chi connectivity index (χ4n) is 0.227. The molecule has 30 valence electrons. The second kappa shape index (κ2) is 3.19. The maximum absolute atomic E-state index is 4.58. The maximum atomic E-state index is 4.58. The summed E-state index contributed by atoms with van der Waals surface area (Å²) in [6, 6.07) is 3.67. The van der Waals surface area contributed by atoms with Crippen molar-refractivity contribution < 1.29 is 26.1 Å². The van der Waals surface area contributed by atoms with Gasteiger partial charge in [0.25, 0.3) is 0 Å². The molecular weight excluding hydrogens is 112 g/mol. The van der Waals surface area contributed by atoms with Gasteiger partial charge in [-0.15, -0.1) is 0 Å². The van der Waals surface area contributed by atoms with E-state index in [1.54, 1.807) is 12.5 Å². The SMILES string of the molecule is [Ti].c1ccoc1. The summed E-state index contributed by atoms with van der Waals surface area (Å²) in [6.07, 6.45) is 3.25. The topological polar surface area (TPSA) is 13.1 Å². The molecule has 6 heavy (non-hydrogen) atoms. The average Bonchev–Trinajstić information content (AvgIpc) is 1.76. The van der Waals surface area contributed by atoms with Crippen molar-refractivity contribution in [1.82, 2.24) is 0 Å². The van der Waals surface area contributed by atoms with Crippen LogP contribution in [0.3, 0.4) is 0 Å². The summed E-state index contributed by atoms with van der Waals surface area (Å²) in [5.74, 6) is 0. The fraction of sp³-hybridized carbons (Fsp3) is 0. The van der Waals surface area contributed by atoms with Gasteiger partial charge in [-0.05, 0) is 12.1 Å².